The van der Waals surface area contributed by atoms with Gasteiger partial charge < -0.3 is 0 Å². The smallest absolute Gasteiger partial charge is 0.0707 e. The van der Waals surface area contributed by atoms with Crippen molar-refractivity contribution < 1.29 is 0 Å². The highest BCUT2D eigenvalue weighted by Crippen LogP contribution is 2.27. The molecule has 0 fully saturated rings. The maximum atomic E-state index is 4.65. The molecule has 2 aromatic carbocycles. The summed E-state index contributed by atoms with van der Waals surface area (Å²) < 4.78 is 0. The van der Waals surface area contributed by atoms with E-state index in [1.54, 1.807) is 0 Å². The Hall–Kier alpha value is -2.41. The van der Waals surface area contributed by atoms with Crippen LogP contribution in [-0.4, -0.2) is 4.98 Å². The standard InChI is InChI=1S/C19H17N/c1-14-8-6-7-11-17(14)19-12-15(2)18(13-20-19)16-9-4-3-5-10-16/h3-13H,1-2H3. The molecule has 3 rings (SSSR count). The monoisotopic (exact) mass is 259 g/mol. The SMILES string of the molecule is Cc1cc(-c2ccccc2C)ncc1-c1ccccc1. The van der Waals surface area contributed by atoms with E-state index in [-0.39, 0.29) is 0 Å². The van der Waals surface area contributed by atoms with E-state index in [1.165, 1.54) is 27.8 Å². The summed E-state index contributed by atoms with van der Waals surface area (Å²) in [4.78, 5) is 4.65. The van der Waals surface area contributed by atoms with Crippen molar-refractivity contribution in [2.45, 2.75) is 13.8 Å². The molecule has 3 aromatic rings. The van der Waals surface area contributed by atoms with Gasteiger partial charge in [-0.1, -0.05) is 54.6 Å². The molecule has 1 heteroatoms. The highest BCUT2D eigenvalue weighted by atomic mass is 14.7. The van der Waals surface area contributed by atoms with E-state index in [4.69, 9.17) is 0 Å². The first-order valence-electron chi connectivity index (χ1n) is 6.84. The van der Waals surface area contributed by atoms with Crippen LogP contribution < -0.4 is 0 Å². The maximum absolute atomic E-state index is 4.65. The summed E-state index contributed by atoms with van der Waals surface area (Å²) in [5.74, 6) is 0. The molecule has 0 bridgehead atoms. The zero-order chi connectivity index (χ0) is 13.9. The van der Waals surface area contributed by atoms with Crippen LogP contribution in [0.25, 0.3) is 22.4 Å². The number of aryl methyl sites for hydroxylation is 2. The molecule has 0 spiro atoms. The fourth-order valence-electron chi connectivity index (χ4n) is 2.48. The molecule has 1 nitrogen and oxygen atoms in total. The van der Waals surface area contributed by atoms with Crippen LogP contribution in [0.15, 0.2) is 66.9 Å². The molecule has 0 saturated heterocycles. The summed E-state index contributed by atoms with van der Waals surface area (Å²) in [6, 6.07) is 20.9. The Kier molecular flexibility index (Phi) is 3.34. The molecule has 0 radical (unpaired) electrons. The Morgan fingerprint density at radius 3 is 2.10 bits per heavy atom. The second-order valence-electron chi connectivity index (χ2n) is 5.07. The molecular formula is C19H17N. The molecule has 0 aliphatic heterocycles. The summed E-state index contributed by atoms with van der Waals surface area (Å²) in [5.41, 5.74) is 7.17. The second kappa shape index (κ2) is 5.30. The van der Waals surface area contributed by atoms with Crippen LogP contribution in [0.1, 0.15) is 11.1 Å². The van der Waals surface area contributed by atoms with Gasteiger partial charge in [0.25, 0.3) is 0 Å². The number of pyridine rings is 1. The minimum absolute atomic E-state index is 1.04. The normalized spacial score (nSPS) is 10.5. The summed E-state index contributed by atoms with van der Waals surface area (Å²) in [6.45, 7) is 4.27. The van der Waals surface area contributed by atoms with Crippen molar-refractivity contribution in [1.29, 1.82) is 0 Å². The quantitative estimate of drug-likeness (QED) is 0.628. The van der Waals surface area contributed by atoms with Gasteiger partial charge in [0, 0.05) is 17.3 Å². The van der Waals surface area contributed by atoms with Gasteiger partial charge in [-0.05, 0) is 36.6 Å². The van der Waals surface area contributed by atoms with Gasteiger partial charge in [0.05, 0.1) is 5.69 Å². The third kappa shape index (κ3) is 2.35. The molecule has 0 aliphatic carbocycles. The van der Waals surface area contributed by atoms with Gasteiger partial charge in [0.2, 0.25) is 0 Å². The van der Waals surface area contributed by atoms with Gasteiger partial charge in [-0.2, -0.15) is 0 Å². The van der Waals surface area contributed by atoms with Crippen LogP contribution >= 0.6 is 0 Å². The number of hydrogen-bond acceptors (Lipinski definition) is 1. The lowest BCUT2D eigenvalue weighted by Gasteiger charge is -2.10. The van der Waals surface area contributed by atoms with Crippen molar-refractivity contribution in [2.75, 3.05) is 0 Å². The van der Waals surface area contributed by atoms with Crippen molar-refractivity contribution in [2.24, 2.45) is 0 Å². The minimum Gasteiger partial charge on any atom is -0.256 e. The van der Waals surface area contributed by atoms with Crippen LogP contribution in [-0.2, 0) is 0 Å². The van der Waals surface area contributed by atoms with E-state index < -0.39 is 0 Å². The lowest BCUT2D eigenvalue weighted by Crippen LogP contribution is -1.91. The van der Waals surface area contributed by atoms with Crippen LogP contribution in [0.2, 0.25) is 0 Å². The van der Waals surface area contributed by atoms with Gasteiger partial charge in [-0.3, -0.25) is 4.98 Å². The Morgan fingerprint density at radius 1 is 0.700 bits per heavy atom. The lowest BCUT2D eigenvalue weighted by molar-refractivity contribution is 1.27. The van der Waals surface area contributed by atoms with Gasteiger partial charge in [-0.15, -0.1) is 0 Å². The number of benzene rings is 2. The van der Waals surface area contributed by atoms with E-state index >= 15 is 0 Å². The molecule has 1 aromatic heterocycles. The number of hydrogen-bond donors (Lipinski definition) is 0. The first kappa shape index (κ1) is 12.6. The molecular weight excluding hydrogens is 242 g/mol. The van der Waals surface area contributed by atoms with Crippen molar-refractivity contribution in [3.05, 3.63) is 78.0 Å². The molecule has 0 N–H and O–H groups in total. The number of aromatic nitrogens is 1. The summed E-state index contributed by atoms with van der Waals surface area (Å²) >= 11 is 0. The predicted molar refractivity (Wildman–Crippen MR) is 84.6 cm³/mol. The molecule has 0 unspecified atom stereocenters. The Balaban J connectivity index is 2.07. The zero-order valence-corrected chi connectivity index (χ0v) is 11.8. The molecule has 0 aliphatic rings. The third-order valence-corrected chi connectivity index (χ3v) is 3.62. The van der Waals surface area contributed by atoms with Crippen molar-refractivity contribution in [1.82, 2.24) is 4.98 Å². The third-order valence-electron chi connectivity index (χ3n) is 3.62. The van der Waals surface area contributed by atoms with Crippen LogP contribution in [0.3, 0.4) is 0 Å². The first-order chi connectivity index (χ1) is 9.75. The highest BCUT2D eigenvalue weighted by molar-refractivity contribution is 5.71. The van der Waals surface area contributed by atoms with Gasteiger partial charge in [0.1, 0.15) is 0 Å². The van der Waals surface area contributed by atoms with Gasteiger partial charge >= 0.3 is 0 Å². The second-order valence-corrected chi connectivity index (χ2v) is 5.07. The van der Waals surface area contributed by atoms with Crippen LogP contribution in [0.4, 0.5) is 0 Å². The van der Waals surface area contributed by atoms with E-state index in [0.717, 1.165) is 5.69 Å². The Bertz CT molecular complexity index is 730. The van der Waals surface area contributed by atoms with Gasteiger partial charge in [-0.25, -0.2) is 0 Å². The zero-order valence-electron chi connectivity index (χ0n) is 11.8. The first-order valence-corrected chi connectivity index (χ1v) is 6.84. The van der Waals surface area contributed by atoms with Crippen LogP contribution in [0, 0.1) is 13.8 Å². The van der Waals surface area contributed by atoms with E-state index in [0.29, 0.717) is 0 Å². The molecule has 20 heavy (non-hydrogen) atoms. The van der Waals surface area contributed by atoms with E-state index in [2.05, 4.69) is 73.4 Å². The lowest BCUT2D eigenvalue weighted by atomic mass is 9.99. The van der Waals surface area contributed by atoms with Crippen molar-refractivity contribution >= 4 is 0 Å². The summed E-state index contributed by atoms with van der Waals surface area (Å²) in [5, 5.41) is 0. The summed E-state index contributed by atoms with van der Waals surface area (Å²) in [6.07, 6.45) is 1.98. The highest BCUT2D eigenvalue weighted by Gasteiger charge is 2.07. The predicted octanol–water partition coefficient (Wildman–Crippen LogP) is 5.03. The topological polar surface area (TPSA) is 12.9 Å². The van der Waals surface area contributed by atoms with Gasteiger partial charge in [0.15, 0.2) is 0 Å². The largest absolute Gasteiger partial charge is 0.256 e. The average molecular weight is 259 g/mol. The molecule has 0 saturated carbocycles. The van der Waals surface area contributed by atoms with E-state index in [9.17, 15) is 0 Å². The fourth-order valence-corrected chi connectivity index (χ4v) is 2.48. The van der Waals surface area contributed by atoms with Crippen LogP contribution in [0.5, 0.6) is 0 Å². The Morgan fingerprint density at radius 2 is 1.40 bits per heavy atom. The molecule has 0 amide bonds. The molecule has 0 atom stereocenters. The van der Waals surface area contributed by atoms with Crippen molar-refractivity contribution in [3.63, 3.8) is 0 Å². The fraction of sp³-hybridized carbons (Fsp3) is 0.105. The molecule has 1 heterocycles. The maximum Gasteiger partial charge on any atom is 0.0707 e. The number of nitrogens with zero attached hydrogens (tertiary/aromatic N) is 1. The average Bonchev–Trinajstić information content (AvgIpc) is 2.48. The van der Waals surface area contributed by atoms with Crippen molar-refractivity contribution in [3.8, 4) is 22.4 Å². The number of rotatable bonds is 2. The minimum atomic E-state index is 1.04. The summed E-state index contributed by atoms with van der Waals surface area (Å²) in [7, 11) is 0. The van der Waals surface area contributed by atoms with E-state index in [1.807, 2.05) is 12.3 Å². The molecule has 98 valence electrons. The Labute approximate surface area is 119 Å².